The molecule has 0 spiro atoms. The van der Waals surface area contributed by atoms with Gasteiger partial charge in [0.05, 0.1) is 5.69 Å². The number of hydrogen-bond donors (Lipinski definition) is 0. The van der Waals surface area contributed by atoms with Crippen LogP contribution in [0.5, 0.6) is 0 Å². The van der Waals surface area contributed by atoms with Crippen LogP contribution >= 0.6 is 0 Å². The molecule has 0 radical (unpaired) electrons. The SMILES string of the molecule is C=Nc1c(C(=C)CC)cccc1C(C)CC. The molecule has 1 nitrogen and oxygen atoms in total. The topological polar surface area (TPSA) is 12.4 Å². The molecule has 16 heavy (non-hydrogen) atoms. The molecule has 86 valence electrons. The first-order valence-corrected chi connectivity index (χ1v) is 5.93. The number of para-hydroxylation sites is 1. The highest BCUT2D eigenvalue weighted by Gasteiger charge is 2.12. The Morgan fingerprint density at radius 2 is 2.06 bits per heavy atom. The van der Waals surface area contributed by atoms with E-state index in [1.165, 1.54) is 5.56 Å². The Morgan fingerprint density at radius 3 is 2.56 bits per heavy atom. The average Bonchev–Trinajstić information content (AvgIpc) is 2.35. The molecule has 1 atom stereocenters. The summed E-state index contributed by atoms with van der Waals surface area (Å²) in [5.74, 6) is 0.519. The minimum atomic E-state index is 0.519. The normalized spacial score (nSPS) is 12.2. The van der Waals surface area contributed by atoms with Gasteiger partial charge in [0.15, 0.2) is 0 Å². The number of aliphatic imine (C=N–C) groups is 1. The zero-order chi connectivity index (χ0) is 12.1. The number of allylic oxidation sites excluding steroid dienone is 1. The van der Waals surface area contributed by atoms with Crippen LogP contribution in [0.2, 0.25) is 0 Å². The molecule has 1 aromatic rings. The van der Waals surface area contributed by atoms with Gasteiger partial charge in [0.1, 0.15) is 0 Å². The monoisotopic (exact) mass is 215 g/mol. The summed E-state index contributed by atoms with van der Waals surface area (Å²) in [5.41, 5.74) is 4.58. The molecule has 1 rings (SSSR count). The molecule has 0 bridgehead atoms. The first-order valence-electron chi connectivity index (χ1n) is 5.93. The van der Waals surface area contributed by atoms with Crippen LogP contribution in [-0.2, 0) is 0 Å². The zero-order valence-corrected chi connectivity index (χ0v) is 10.6. The van der Waals surface area contributed by atoms with E-state index < -0.39 is 0 Å². The largest absolute Gasteiger partial charge is 0.264 e. The third kappa shape index (κ3) is 2.41. The molecule has 0 saturated carbocycles. The lowest BCUT2D eigenvalue weighted by molar-refractivity contribution is 0.734. The van der Waals surface area contributed by atoms with Gasteiger partial charge in [-0.1, -0.05) is 45.5 Å². The summed E-state index contributed by atoms with van der Waals surface area (Å²) in [6, 6.07) is 6.32. The predicted molar refractivity (Wildman–Crippen MR) is 73.7 cm³/mol. The Balaban J connectivity index is 3.31. The van der Waals surface area contributed by atoms with Crippen molar-refractivity contribution in [2.24, 2.45) is 4.99 Å². The van der Waals surface area contributed by atoms with E-state index in [1.54, 1.807) is 0 Å². The van der Waals surface area contributed by atoms with Crippen molar-refractivity contribution in [1.82, 2.24) is 0 Å². The van der Waals surface area contributed by atoms with Gasteiger partial charge in [-0.25, -0.2) is 0 Å². The highest BCUT2D eigenvalue weighted by atomic mass is 14.7. The Morgan fingerprint density at radius 1 is 1.38 bits per heavy atom. The molecule has 0 heterocycles. The summed E-state index contributed by atoms with van der Waals surface area (Å²) in [6.45, 7) is 14.3. The lowest BCUT2D eigenvalue weighted by atomic mass is 9.92. The molecule has 0 aliphatic heterocycles. The van der Waals surface area contributed by atoms with Crippen molar-refractivity contribution in [1.29, 1.82) is 0 Å². The van der Waals surface area contributed by atoms with Gasteiger partial charge in [0.2, 0.25) is 0 Å². The predicted octanol–water partition coefficient (Wildman–Crippen LogP) is 4.96. The molecule has 1 unspecified atom stereocenters. The van der Waals surface area contributed by atoms with Crippen LogP contribution in [0, 0.1) is 0 Å². The molecular formula is C15H21N. The van der Waals surface area contributed by atoms with Crippen molar-refractivity contribution in [3.05, 3.63) is 35.9 Å². The summed E-state index contributed by atoms with van der Waals surface area (Å²) >= 11 is 0. The molecule has 0 aliphatic rings. The van der Waals surface area contributed by atoms with Gasteiger partial charge in [-0.2, -0.15) is 0 Å². The summed E-state index contributed by atoms with van der Waals surface area (Å²) in [7, 11) is 0. The molecule has 0 fully saturated rings. The standard InChI is InChI=1S/C15H21N/c1-6-11(3)13-9-8-10-14(12(4)7-2)15(13)16-5/h8-10,12H,3,5-7H2,1-2,4H3. The van der Waals surface area contributed by atoms with Gasteiger partial charge >= 0.3 is 0 Å². The van der Waals surface area contributed by atoms with Crippen molar-refractivity contribution in [3.8, 4) is 0 Å². The van der Waals surface area contributed by atoms with Crippen LogP contribution in [0.25, 0.3) is 5.57 Å². The van der Waals surface area contributed by atoms with Crippen molar-refractivity contribution in [2.45, 2.75) is 39.5 Å². The van der Waals surface area contributed by atoms with E-state index in [0.717, 1.165) is 29.7 Å². The molecule has 0 aliphatic carbocycles. The fourth-order valence-corrected chi connectivity index (χ4v) is 1.83. The van der Waals surface area contributed by atoms with Crippen molar-refractivity contribution in [3.63, 3.8) is 0 Å². The summed E-state index contributed by atoms with van der Waals surface area (Å²) in [6.07, 6.45) is 2.07. The van der Waals surface area contributed by atoms with E-state index in [9.17, 15) is 0 Å². The lowest BCUT2D eigenvalue weighted by Crippen LogP contribution is -1.94. The fraction of sp³-hybridized carbons (Fsp3) is 0.400. The Hall–Kier alpha value is -1.37. The quantitative estimate of drug-likeness (QED) is 0.616. The van der Waals surface area contributed by atoms with Crippen molar-refractivity contribution < 1.29 is 0 Å². The summed E-state index contributed by atoms with van der Waals surface area (Å²) < 4.78 is 0. The van der Waals surface area contributed by atoms with Crippen molar-refractivity contribution in [2.75, 3.05) is 0 Å². The zero-order valence-electron chi connectivity index (χ0n) is 10.6. The fourth-order valence-electron chi connectivity index (χ4n) is 1.83. The van der Waals surface area contributed by atoms with Crippen molar-refractivity contribution >= 4 is 18.0 Å². The highest BCUT2D eigenvalue weighted by molar-refractivity contribution is 5.76. The van der Waals surface area contributed by atoms with E-state index >= 15 is 0 Å². The third-order valence-electron chi connectivity index (χ3n) is 3.18. The molecule has 0 N–H and O–H groups in total. The molecular weight excluding hydrogens is 194 g/mol. The smallest absolute Gasteiger partial charge is 0.0731 e. The van der Waals surface area contributed by atoms with Crippen LogP contribution in [0.1, 0.15) is 50.7 Å². The first-order chi connectivity index (χ1) is 7.65. The lowest BCUT2D eigenvalue weighted by Gasteiger charge is -2.16. The van der Waals surface area contributed by atoms with E-state index in [-0.39, 0.29) is 0 Å². The van der Waals surface area contributed by atoms with E-state index in [4.69, 9.17) is 0 Å². The van der Waals surface area contributed by atoms with Gasteiger partial charge in [0.25, 0.3) is 0 Å². The van der Waals surface area contributed by atoms with Crippen LogP contribution in [-0.4, -0.2) is 6.72 Å². The van der Waals surface area contributed by atoms with Gasteiger partial charge in [0, 0.05) is 5.56 Å². The molecule has 0 saturated heterocycles. The Kier molecular flexibility index (Phi) is 4.48. The molecule has 0 amide bonds. The third-order valence-corrected chi connectivity index (χ3v) is 3.18. The summed E-state index contributed by atoms with van der Waals surface area (Å²) in [5, 5.41) is 0. The van der Waals surface area contributed by atoms with Gasteiger partial charge in [-0.3, -0.25) is 4.99 Å². The second kappa shape index (κ2) is 5.64. The van der Waals surface area contributed by atoms with Crippen LogP contribution in [0.3, 0.4) is 0 Å². The second-order valence-electron chi connectivity index (χ2n) is 4.17. The Labute approximate surface area is 98.9 Å². The highest BCUT2D eigenvalue weighted by Crippen LogP contribution is 2.35. The van der Waals surface area contributed by atoms with E-state index in [0.29, 0.717) is 5.92 Å². The minimum Gasteiger partial charge on any atom is -0.264 e. The van der Waals surface area contributed by atoms with Gasteiger partial charge < -0.3 is 0 Å². The summed E-state index contributed by atoms with van der Waals surface area (Å²) in [4.78, 5) is 4.20. The second-order valence-corrected chi connectivity index (χ2v) is 4.17. The van der Waals surface area contributed by atoms with Gasteiger partial charge in [-0.05, 0) is 36.6 Å². The number of benzene rings is 1. The van der Waals surface area contributed by atoms with Crippen LogP contribution < -0.4 is 0 Å². The van der Waals surface area contributed by atoms with Gasteiger partial charge in [-0.15, -0.1) is 0 Å². The maximum absolute atomic E-state index is 4.20. The van der Waals surface area contributed by atoms with Crippen LogP contribution in [0.15, 0.2) is 29.8 Å². The molecule has 1 heteroatoms. The number of rotatable bonds is 5. The number of hydrogen-bond acceptors (Lipinski definition) is 1. The van der Waals surface area contributed by atoms with E-state index in [1.807, 2.05) is 0 Å². The number of nitrogens with zero attached hydrogens (tertiary/aromatic N) is 1. The van der Waals surface area contributed by atoms with Crippen LogP contribution in [0.4, 0.5) is 5.69 Å². The average molecular weight is 215 g/mol. The molecule has 1 aromatic carbocycles. The minimum absolute atomic E-state index is 0.519. The van der Waals surface area contributed by atoms with E-state index in [2.05, 4.69) is 57.3 Å². The first kappa shape index (κ1) is 12.7. The molecule has 0 aromatic heterocycles. The Bertz CT molecular complexity index is 390. The maximum atomic E-state index is 4.20. The maximum Gasteiger partial charge on any atom is 0.0731 e.